The number of nitrogens with zero attached hydrogens (tertiary/aromatic N) is 6. The Morgan fingerprint density at radius 3 is 2.50 bits per heavy atom. The Morgan fingerprint density at radius 2 is 1.86 bits per heavy atom. The van der Waals surface area contributed by atoms with Gasteiger partial charge in [-0.3, -0.25) is 24.3 Å². The normalized spacial score (nSPS) is 11.7. The molecule has 230 valence electrons. The number of nitrogens with one attached hydrogen (secondary N) is 2. The van der Waals surface area contributed by atoms with E-state index in [-0.39, 0.29) is 47.6 Å². The summed E-state index contributed by atoms with van der Waals surface area (Å²) in [4.78, 5) is 51.7. The number of carbonyl (C=O) groups is 2. The number of nitro benzene ring substituents is 1. The summed E-state index contributed by atoms with van der Waals surface area (Å²) in [5, 5.41) is 18.2. The number of nitro groups is 1. The molecular formula is C30H32ClFN8O4. The number of benzene rings is 2. The van der Waals surface area contributed by atoms with Crippen molar-refractivity contribution in [3.8, 4) is 5.82 Å². The highest BCUT2D eigenvalue weighted by atomic mass is 35.5. The molecule has 0 saturated carbocycles. The van der Waals surface area contributed by atoms with Crippen LogP contribution >= 0.6 is 11.6 Å². The second-order valence-electron chi connectivity index (χ2n) is 10.4. The number of halogens is 2. The lowest BCUT2D eigenvalue weighted by Crippen LogP contribution is -2.43. The summed E-state index contributed by atoms with van der Waals surface area (Å²) in [6, 6.07) is 11.3. The van der Waals surface area contributed by atoms with Gasteiger partial charge in [0.15, 0.2) is 0 Å². The minimum Gasteiger partial charge on any atom is -0.352 e. The van der Waals surface area contributed by atoms with Crippen molar-refractivity contribution in [3.05, 3.63) is 105 Å². The van der Waals surface area contributed by atoms with Crippen LogP contribution in [0.3, 0.4) is 0 Å². The fraction of sp³-hybridized carbons (Fsp3) is 0.300. The lowest BCUT2D eigenvalue weighted by atomic mass is 10.0. The Balaban J connectivity index is 1.70. The lowest BCUT2D eigenvalue weighted by molar-refractivity contribution is -0.385. The third-order valence-corrected chi connectivity index (χ3v) is 6.85. The predicted octanol–water partition coefficient (Wildman–Crippen LogP) is 5.17. The summed E-state index contributed by atoms with van der Waals surface area (Å²) in [6.45, 7) is 5.91. The van der Waals surface area contributed by atoms with Crippen molar-refractivity contribution in [1.29, 1.82) is 0 Å². The Kier molecular flexibility index (Phi) is 10.6. The molecular weight excluding hydrogens is 591 g/mol. The minimum absolute atomic E-state index is 0.0289. The number of imidazole rings is 1. The lowest BCUT2D eigenvalue weighted by Gasteiger charge is -2.29. The van der Waals surface area contributed by atoms with Crippen LogP contribution in [-0.4, -0.2) is 53.7 Å². The van der Waals surface area contributed by atoms with E-state index in [0.717, 1.165) is 11.6 Å². The zero-order valence-corrected chi connectivity index (χ0v) is 25.2. The summed E-state index contributed by atoms with van der Waals surface area (Å²) in [6.07, 6.45) is 4.91. The van der Waals surface area contributed by atoms with Crippen LogP contribution in [0.15, 0.2) is 67.3 Å². The highest BCUT2D eigenvalue weighted by Gasteiger charge is 2.29. The van der Waals surface area contributed by atoms with Gasteiger partial charge in [-0.2, -0.15) is 14.4 Å². The quantitative estimate of drug-likeness (QED) is 0.118. The molecule has 2 aromatic heterocycles. The van der Waals surface area contributed by atoms with Crippen molar-refractivity contribution >= 4 is 35.1 Å². The van der Waals surface area contributed by atoms with Gasteiger partial charge in [0.1, 0.15) is 18.2 Å². The molecule has 14 heteroatoms. The molecule has 1 unspecified atom stereocenters. The van der Waals surface area contributed by atoms with E-state index in [9.17, 15) is 24.1 Å². The maximum Gasteiger partial charge on any atom is 0.275 e. The van der Waals surface area contributed by atoms with Crippen molar-refractivity contribution in [2.45, 2.75) is 46.3 Å². The number of anilines is 1. The van der Waals surface area contributed by atoms with Crippen molar-refractivity contribution < 1.29 is 18.9 Å². The third kappa shape index (κ3) is 8.34. The molecule has 4 aromatic rings. The zero-order chi connectivity index (χ0) is 31.8. The third-order valence-electron chi connectivity index (χ3n) is 6.60. The van der Waals surface area contributed by atoms with Crippen molar-refractivity contribution in [3.63, 3.8) is 0 Å². The van der Waals surface area contributed by atoms with Gasteiger partial charge in [0.2, 0.25) is 17.8 Å². The highest BCUT2D eigenvalue weighted by Crippen LogP contribution is 2.25. The first-order valence-corrected chi connectivity index (χ1v) is 14.3. The van der Waals surface area contributed by atoms with Crippen LogP contribution in [0.2, 0.25) is 5.02 Å². The molecule has 2 amide bonds. The molecule has 44 heavy (non-hydrogen) atoms. The van der Waals surface area contributed by atoms with E-state index in [1.54, 1.807) is 37.4 Å². The molecule has 2 heterocycles. The van der Waals surface area contributed by atoms with Crippen LogP contribution in [0.4, 0.5) is 16.0 Å². The van der Waals surface area contributed by atoms with Crippen molar-refractivity contribution in [2.24, 2.45) is 5.92 Å². The first kappa shape index (κ1) is 32.0. The molecule has 0 fully saturated rings. The van der Waals surface area contributed by atoms with E-state index < -0.39 is 28.7 Å². The van der Waals surface area contributed by atoms with Crippen LogP contribution in [0.25, 0.3) is 5.82 Å². The van der Waals surface area contributed by atoms with Crippen molar-refractivity contribution in [1.82, 2.24) is 29.7 Å². The largest absolute Gasteiger partial charge is 0.352 e. The monoisotopic (exact) mass is 622 g/mol. The van der Waals surface area contributed by atoms with Gasteiger partial charge >= 0.3 is 0 Å². The number of carbonyl (C=O) groups excluding carboxylic acids is 2. The molecule has 1 atom stereocenters. The molecule has 2 N–H and O–H groups in total. The van der Waals surface area contributed by atoms with Gasteiger partial charge < -0.3 is 15.5 Å². The molecule has 4 rings (SSSR count). The molecule has 0 radical (unpaired) electrons. The smallest absolute Gasteiger partial charge is 0.275 e. The molecule has 0 aliphatic rings. The number of rotatable bonds is 13. The number of hydrogen-bond acceptors (Lipinski definition) is 8. The average Bonchev–Trinajstić information content (AvgIpc) is 3.52. The van der Waals surface area contributed by atoms with Gasteiger partial charge in [-0.05, 0) is 49.1 Å². The Hall–Kier alpha value is -4.91. The Labute approximate surface area is 258 Å². The van der Waals surface area contributed by atoms with Crippen LogP contribution in [0, 0.1) is 22.0 Å². The van der Waals surface area contributed by atoms with Gasteiger partial charge in [-0.15, -0.1) is 0 Å². The standard InChI is InChI=1S/C30H32ClFN8O4/c1-4-34-28(41)21-7-8-22(25(14-21)40(43)44)17-39(16-20-5-9-23(31)10-6-20)29(42)24(13-19(2)3)35-30-36-26(32)15-27(37-30)38-12-11-33-18-38/h5-12,14-15,18-19,24H,4,13,16-17H2,1-3H3,(H,34,41)(H,35,36,37). The number of hydrogen-bond donors (Lipinski definition) is 2. The first-order valence-electron chi connectivity index (χ1n) is 13.9. The fourth-order valence-electron chi connectivity index (χ4n) is 4.57. The molecule has 0 aliphatic heterocycles. The van der Waals surface area contributed by atoms with Gasteiger partial charge in [-0.25, -0.2) is 4.98 Å². The van der Waals surface area contributed by atoms with E-state index in [1.165, 1.54) is 40.2 Å². The maximum atomic E-state index is 14.5. The molecule has 2 aromatic carbocycles. The summed E-state index contributed by atoms with van der Waals surface area (Å²) >= 11 is 6.07. The maximum absolute atomic E-state index is 14.5. The molecule has 0 aliphatic carbocycles. The molecule has 0 bridgehead atoms. The summed E-state index contributed by atoms with van der Waals surface area (Å²) in [5.41, 5.74) is 0.804. The van der Waals surface area contributed by atoms with E-state index in [4.69, 9.17) is 11.6 Å². The summed E-state index contributed by atoms with van der Waals surface area (Å²) in [5.74, 6) is -1.51. The van der Waals surface area contributed by atoms with Crippen molar-refractivity contribution in [2.75, 3.05) is 11.9 Å². The SMILES string of the molecule is CCNC(=O)c1ccc(CN(Cc2ccc(Cl)cc2)C(=O)C(CC(C)C)Nc2nc(F)cc(-n3ccnc3)n2)c([N+](=O)[O-])c1. The minimum atomic E-state index is -0.909. The topological polar surface area (TPSA) is 148 Å². The van der Waals surface area contributed by atoms with Gasteiger partial charge in [0.05, 0.1) is 11.5 Å². The molecule has 12 nitrogen and oxygen atoms in total. The van der Waals surface area contributed by atoms with E-state index >= 15 is 0 Å². The summed E-state index contributed by atoms with van der Waals surface area (Å²) in [7, 11) is 0. The van der Waals surface area contributed by atoms with E-state index in [0.29, 0.717) is 18.0 Å². The van der Waals surface area contributed by atoms with Gasteiger partial charge in [0.25, 0.3) is 11.6 Å². The van der Waals surface area contributed by atoms with Crippen LogP contribution < -0.4 is 10.6 Å². The fourth-order valence-corrected chi connectivity index (χ4v) is 4.69. The molecule has 0 spiro atoms. The van der Waals surface area contributed by atoms with Crippen LogP contribution in [-0.2, 0) is 17.9 Å². The van der Waals surface area contributed by atoms with Crippen LogP contribution in [0.5, 0.6) is 0 Å². The Bertz CT molecular complexity index is 1620. The molecule has 0 saturated heterocycles. The van der Waals surface area contributed by atoms with E-state index in [1.807, 2.05) is 13.8 Å². The second-order valence-corrected chi connectivity index (χ2v) is 10.9. The average molecular weight is 623 g/mol. The number of amides is 2. The first-order chi connectivity index (χ1) is 21.0. The van der Waals surface area contributed by atoms with Gasteiger partial charge in [0, 0.05) is 53.8 Å². The number of aromatic nitrogens is 4. The van der Waals surface area contributed by atoms with Gasteiger partial charge in [-0.1, -0.05) is 37.6 Å². The zero-order valence-electron chi connectivity index (χ0n) is 24.4. The Morgan fingerprint density at radius 1 is 1.11 bits per heavy atom. The second kappa shape index (κ2) is 14.5. The van der Waals surface area contributed by atoms with Crippen LogP contribution in [0.1, 0.15) is 48.7 Å². The van der Waals surface area contributed by atoms with E-state index in [2.05, 4.69) is 25.6 Å². The highest BCUT2D eigenvalue weighted by molar-refractivity contribution is 6.30. The predicted molar refractivity (Wildman–Crippen MR) is 163 cm³/mol. The summed E-state index contributed by atoms with van der Waals surface area (Å²) < 4.78 is 16.0.